The lowest BCUT2D eigenvalue weighted by atomic mass is 9.92. The molecule has 2 heteroatoms. The minimum atomic E-state index is 1.21. The first-order valence-electron chi connectivity index (χ1n) is 17.9. The Labute approximate surface area is 294 Å². The van der Waals surface area contributed by atoms with Gasteiger partial charge in [0.15, 0.2) is 0 Å². The largest absolute Gasteiger partial charge is 0.309 e. The summed E-state index contributed by atoms with van der Waals surface area (Å²) in [6.07, 6.45) is 0. The Balaban J connectivity index is 1.29. The third-order valence-electron chi connectivity index (χ3n) is 12.1. The Morgan fingerprint density at radius 3 is 0.800 bits per heavy atom. The van der Waals surface area contributed by atoms with Crippen molar-refractivity contribution in [3.8, 4) is 11.4 Å². The lowest BCUT2D eigenvalue weighted by Gasteiger charge is -2.17. The number of nitrogens with zero attached hydrogens (tertiary/aromatic N) is 2. The van der Waals surface area contributed by atoms with E-state index in [4.69, 9.17) is 0 Å². The molecule has 0 unspecified atom stereocenters. The van der Waals surface area contributed by atoms with E-state index < -0.39 is 0 Å². The third kappa shape index (κ3) is 4.21. The van der Waals surface area contributed by atoms with Crippen LogP contribution in [0.3, 0.4) is 0 Å². The summed E-state index contributed by atoms with van der Waals surface area (Å²) in [5.74, 6) is 0. The summed E-state index contributed by atoms with van der Waals surface area (Å²) in [5, 5.41) is 10.6. The van der Waals surface area contributed by atoms with Gasteiger partial charge < -0.3 is 9.13 Å². The highest BCUT2D eigenvalue weighted by molar-refractivity contribution is 6.13. The van der Waals surface area contributed by atoms with Gasteiger partial charge in [0.25, 0.3) is 0 Å². The van der Waals surface area contributed by atoms with Crippen LogP contribution in [0, 0.1) is 69.2 Å². The predicted octanol–water partition coefficient (Wildman–Crippen LogP) is 13.3. The molecule has 0 fully saturated rings. The van der Waals surface area contributed by atoms with E-state index in [9.17, 15) is 0 Å². The van der Waals surface area contributed by atoms with E-state index in [1.807, 2.05) is 0 Å². The molecule has 0 aliphatic rings. The quantitative estimate of drug-likeness (QED) is 0.165. The van der Waals surface area contributed by atoms with Gasteiger partial charge >= 0.3 is 0 Å². The normalized spacial score (nSPS) is 12.2. The molecule has 2 heterocycles. The Kier molecular flexibility index (Phi) is 6.50. The summed E-state index contributed by atoms with van der Waals surface area (Å²) in [5.41, 5.74) is 20.8. The van der Waals surface area contributed by atoms with E-state index in [0.717, 1.165) is 0 Å². The highest BCUT2D eigenvalue weighted by Gasteiger charge is 2.19. The van der Waals surface area contributed by atoms with Crippen LogP contribution in [0.2, 0.25) is 0 Å². The van der Waals surface area contributed by atoms with Crippen molar-refractivity contribution in [2.45, 2.75) is 69.2 Å². The van der Waals surface area contributed by atoms with E-state index in [2.05, 4.69) is 163 Å². The van der Waals surface area contributed by atoms with E-state index in [0.29, 0.717) is 0 Å². The van der Waals surface area contributed by atoms with Gasteiger partial charge in [0.05, 0.1) is 22.1 Å². The Hall–Kier alpha value is -5.34. The first kappa shape index (κ1) is 30.7. The Morgan fingerprint density at radius 1 is 0.260 bits per heavy atom. The van der Waals surface area contributed by atoms with Crippen molar-refractivity contribution in [2.75, 3.05) is 0 Å². The number of benzene rings is 7. The second kappa shape index (κ2) is 10.6. The minimum absolute atomic E-state index is 1.21. The monoisotopic (exact) mass is 648 g/mol. The molecular weight excluding hydrogens is 605 g/mol. The van der Waals surface area contributed by atoms with Crippen molar-refractivity contribution in [3.05, 3.63) is 141 Å². The van der Waals surface area contributed by atoms with Crippen LogP contribution in [0.15, 0.2) is 84.9 Å². The van der Waals surface area contributed by atoms with Gasteiger partial charge in [-0.15, -0.1) is 0 Å². The van der Waals surface area contributed by atoms with Crippen molar-refractivity contribution in [2.24, 2.45) is 0 Å². The molecule has 0 bridgehead atoms. The predicted molar refractivity (Wildman–Crippen MR) is 218 cm³/mol. The van der Waals surface area contributed by atoms with E-state index >= 15 is 0 Å². The zero-order chi connectivity index (χ0) is 34.9. The standard InChI is InChI=1S/C48H44N2/c1-25-15-41-42-16-26(2)30(6)20-46(42)49(45(41)19-29(25)5)35-11-13-37-34(10)40-24-36(12-14-38(40)33(9)39(37)23-35)50-47-21-31(7)27(3)17-43(47)44-18-28(4)32(8)22-48(44)50/h11-24H,1-10H3. The van der Waals surface area contributed by atoms with Crippen LogP contribution in [0.25, 0.3) is 76.5 Å². The molecule has 7 aromatic carbocycles. The second-order valence-corrected chi connectivity index (χ2v) is 15.2. The second-order valence-electron chi connectivity index (χ2n) is 15.2. The Bertz CT molecular complexity index is 2630. The molecule has 0 aliphatic heterocycles. The van der Waals surface area contributed by atoms with Crippen molar-refractivity contribution >= 4 is 65.2 Å². The summed E-state index contributed by atoms with van der Waals surface area (Å²) < 4.78 is 4.97. The maximum Gasteiger partial charge on any atom is 0.0543 e. The van der Waals surface area contributed by atoms with Gasteiger partial charge in [0, 0.05) is 32.9 Å². The summed E-state index contributed by atoms with van der Waals surface area (Å²) in [4.78, 5) is 0. The van der Waals surface area contributed by atoms with Crippen LogP contribution >= 0.6 is 0 Å². The Morgan fingerprint density at radius 2 is 0.520 bits per heavy atom. The molecule has 0 aliphatic carbocycles. The molecule has 9 rings (SSSR count). The van der Waals surface area contributed by atoms with Crippen LogP contribution < -0.4 is 0 Å². The fourth-order valence-corrected chi connectivity index (χ4v) is 8.53. The fourth-order valence-electron chi connectivity index (χ4n) is 8.53. The van der Waals surface area contributed by atoms with Gasteiger partial charge in [-0.2, -0.15) is 0 Å². The topological polar surface area (TPSA) is 9.86 Å². The van der Waals surface area contributed by atoms with Gasteiger partial charge in [0.2, 0.25) is 0 Å². The first-order chi connectivity index (χ1) is 23.9. The molecule has 0 atom stereocenters. The van der Waals surface area contributed by atoms with Crippen LogP contribution in [0.4, 0.5) is 0 Å². The number of fused-ring (bicyclic) bond motifs is 8. The molecule has 0 amide bonds. The SMILES string of the molecule is Cc1cc2c3cc(C)c(C)cc3n(-c3ccc4c(C)c5cc(-n6c7cc(C)c(C)cc7c7cc(C)c(C)cc76)ccc5c(C)c4c3)c2cc1C. The van der Waals surface area contributed by atoms with E-state index in [-0.39, 0.29) is 0 Å². The summed E-state index contributed by atoms with van der Waals surface area (Å²) >= 11 is 0. The van der Waals surface area contributed by atoms with Gasteiger partial charge in [-0.3, -0.25) is 0 Å². The maximum absolute atomic E-state index is 2.49. The molecule has 0 N–H and O–H groups in total. The number of aryl methyl sites for hydroxylation is 10. The molecule has 2 aromatic heterocycles. The fraction of sp³-hybridized carbons (Fsp3) is 0.208. The summed E-state index contributed by atoms with van der Waals surface area (Å²) in [7, 11) is 0. The van der Waals surface area contributed by atoms with Crippen molar-refractivity contribution in [1.29, 1.82) is 0 Å². The van der Waals surface area contributed by atoms with E-state index in [1.54, 1.807) is 0 Å². The maximum atomic E-state index is 2.49. The molecule has 0 saturated carbocycles. The third-order valence-corrected chi connectivity index (χ3v) is 12.1. The number of hydrogen-bond donors (Lipinski definition) is 0. The van der Waals surface area contributed by atoms with Crippen molar-refractivity contribution in [3.63, 3.8) is 0 Å². The summed E-state index contributed by atoms with van der Waals surface area (Å²) in [6.45, 7) is 22.4. The lowest BCUT2D eigenvalue weighted by Crippen LogP contribution is -1.98. The molecule has 246 valence electrons. The highest BCUT2D eigenvalue weighted by Crippen LogP contribution is 2.40. The average Bonchev–Trinajstić information content (AvgIpc) is 3.54. The van der Waals surface area contributed by atoms with Gasteiger partial charge in [0.1, 0.15) is 0 Å². The number of hydrogen-bond acceptors (Lipinski definition) is 0. The molecular formula is C48H44N2. The molecule has 0 saturated heterocycles. The highest BCUT2D eigenvalue weighted by atomic mass is 15.0. The van der Waals surface area contributed by atoms with Crippen LogP contribution in [-0.4, -0.2) is 9.13 Å². The number of aromatic nitrogens is 2. The first-order valence-corrected chi connectivity index (χ1v) is 17.9. The van der Waals surface area contributed by atoms with Gasteiger partial charge in [-0.1, -0.05) is 12.1 Å². The van der Waals surface area contributed by atoms with E-state index in [1.165, 1.54) is 132 Å². The molecule has 9 aromatic rings. The molecule has 0 radical (unpaired) electrons. The zero-order valence-corrected chi connectivity index (χ0v) is 31.0. The molecule has 50 heavy (non-hydrogen) atoms. The van der Waals surface area contributed by atoms with Gasteiger partial charge in [-0.25, -0.2) is 0 Å². The van der Waals surface area contributed by atoms with Crippen LogP contribution in [-0.2, 0) is 0 Å². The smallest absolute Gasteiger partial charge is 0.0543 e. The van der Waals surface area contributed by atoms with Gasteiger partial charge in [-0.05, 0) is 219 Å². The molecule has 2 nitrogen and oxygen atoms in total. The zero-order valence-electron chi connectivity index (χ0n) is 31.0. The lowest BCUT2D eigenvalue weighted by molar-refractivity contribution is 1.17. The molecule has 0 spiro atoms. The van der Waals surface area contributed by atoms with Crippen molar-refractivity contribution in [1.82, 2.24) is 9.13 Å². The summed E-state index contributed by atoms with van der Waals surface area (Å²) in [6, 6.07) is 33.2. The average molecular weight is 649 g/mol. The van der Waals surface area contributed by atoms with Crippen LogP contribution in [0.5, 0.6) is 0 Å². The van der Waals surface area contributed by atoms with Crippen molar-refractivity contribution < 1.29 is 0 Å². The minimum Gasteiger partial charge on any atom is -0.309 e. The number of rotatable bonds is 2. The van der Waals surface area contributed by atoms with Crippen LogP contribution in [0.1, 0.15) is 55.6 Å².